The summed E-state index contributed by atoms with van der Waals surface area (Å²) in [6, 6.07) is 2.40. The number of ketones is 1. The zero-order chi connectivity index (χ0) is 12.7. The van der Waals surface area contributed by atoms with Gasteiger partial charge in [-0.25, -0.2) is 0 Å². The van der Waals surface area contributed by atoms with Gasteiger partial charge in [0.15, 0.2) is 5.78 Å². The molecule has 2 aliphatic rings. The summed E-state index contributed by atoms with van der Waals surface area (Å²) in [5.74, 6) is 0.744. The molecule has 0 radical (unpaired) electrons. The second-order valence-electron chi connectivity index (χ2n) is 6.74. The second-order valence-corrected chi connectivity index (χ2v) is 6.74. The second kappa shape index (κ2) is 4.12. The Bertz CT molecular complexity index is 360. The molecular weight excluding hydrogens is 210 g/mol. The van der Waals surface area contributed by atoms with E-state index >= 15 is 0 Å². The van der Waals surface area contributed by atoms with Crippen molar-refractivity contribution in [2.24, 2.45) is 22.7 Å². The molecular formula is C15H23NO. The van der Waals surface area contributed by atoms with Crippen LogP contribution in [0.1, 0.15) is 59.3 Å². The largest absolute Gasteiger partial charge is 0.298 e. The lowest BCUT2D eigenvalue weighted by Gasteiger charge is -2.56. The molecule has 17 heavy (non-hydrogen) atoms. The van der Waals surface area contributed by atoms with Crippen LogP contribution in [0, 0.1) is 34.0 Å². The van der Waals surface area contributed by atoms with Crippen LogP contribution in [0.3, 0.4) is 0 Å². The van der Waals surface area contributed by atoms with Gasteiger partial charge in [-0.05, 0) is 24.2 Å². The van der Waals surface area contributed by atoms with Gasteiger partial charge in [-0.2, -0.15) is 5.26 Å². The monoisotopic (exact) mass is 233 g/mol. The quantitative estimate of drug-likeness (QED) is 0.640. The van der Waals surface area contributed by atoms with E-state index in [9.17, 15) is 10.1 Å². The summed E-state index contributed by atoms with van der Waals surface area (Å²) in [5, 5.41) is 9.57. The highest BCUT2D eigenvalue weighted by molar-refractivity contribution is 5.97. The highest BCUT2D eigenvalue weighted by Crippen LogP contribution is 2.60. The molecule has 0 bridgehead atoms. The molecule has 2 fully saturated rings. The summed E-state index contributed by atoms with van der Waals surface area (Å²) in [6.45, 7) is 6.13. The Balaban J connectivity index is 2.30. The third-order valence-electron chi connectivity index (χ3n) is 4.91. The summed E-state index contributed by atoms with van der Waals surface area (Å²) in [6.07, 6.45) is 6.96. The zero-order valence-electron chi connectivity index (χ0n) is 11.3. The first-order chi connectivity index (χ1) is 7.95. The number of hydrogen-bond donors (Lipinski definition) is 0. The molecule has 0 saturated heterocycles. The van der Waals surface area contributed by atoms with Crippen LogP contribution in [0.15, 0.2) is 0 Å². The first-order valence-electron chi connectivity index (χ1n) is 6.90. The van der Waals surface area contributed by atoms with Crippen molar-refractivity contribution in [3.05, 3.63) is 0 Å². The number of fused-ring (bicyclic) bond motifs is 1. The number of Topliss-reactive ketones (excluding diaryl/α,β-unsaturated/α-hetero) is 1. The minimum absolute atomic E-state index is 0.189. The number of carbonyl (C=O) groups excluding carboxylic acids is 1. The minimum atomic E-state index is -0.699. The molecule has 0 aliphatic heterocycles. The van der Waals surface area contributed by atoms with Gasteiger partial charge in [-0.15, -0.1) is 0 Å². The first kappa shape index (κ1) is 12.6. The van der Waals surface area contributed by atoms with Crippen LogP contribution < -0.4 is 0 Å². The van der Waals surface area contributed by atoms with Crippen molar-refractivity contribution < 1.29 is 4.79 Å². The van der Waals surface area contributed by atoms with Gasteiger partial charge in [-0.3, -0.25) is 4.79 Å². The van der Waals surface area contributed by atoms with Crippen LogP contribution in [-0.4, -0.2) is 5.78 Å². The maximum atomic E-state index is 12.4. The fourth-order valence-corrected chi connectivity index (χ4v) is 3.93. The van der Waals surface area contributed by atoms with Crippen molar-refractivity contribution in [3.8, 4) is 6.07 Å². The van der Waals surface area contributed by atoms with E-state index in [1.807, 2.05) is 20.8 Å². The van der Waals surface area contributed by atoms with Gasteiger partial charge in [-0.1, -0.05) is 46.5 Å². The maximum absolute atomic E-state index is 12.4. The Hall–Kier alpha value is -0.840. The van der Waals surface area contributed by atoms with Crippen LogP contribution in [0.2, 0.25) is 0 Å². The molecule has 0 amide bonds. The molecule has 2 saturated carbocycles. The van der Waals surface area contributed by atoms with Gasteiger partial charge in [0.1, 0.15) is 5.41 Å². The fraction of sp³-hybridized carbons (Fsp3) is 0.867. The van der Waals surface area contributed by atoms with Gasteiger partial charge >= 0.3 is 0 Å². The molecule has 0 heterocycles. The number of nitrogens with zero attached hydrogens (tertiary/aromatic N) is 1. The molecule has 94 valence electrons. The van der Waals surface area contributed by atoms with Crippen molar-refractivity contribution in [1.82, 2.24) is 0 Å². The zero-order valence-corrected chi connectivity index (χ0v) is 11.3. The normalized spacial score (nSPS) is 38.4. The molecule has 0 aromatic heterocycles. The van der Waals surface area contributed by atoms with Crippen LogP contribution in [-0.2, 0) is 4.79 Å². The lowest BCUT2D eigenvalue weighted by molar-refractivity contribution is -0.164. The fourth-order valence-electron chi connectivity index (χ4n) is 3.93. The molecule has 0 unspecified atom stereocenters. The molecule has 2 rings (SSSR count). The molecule has 0 aromatic carbocycles. The summed E-state index contributed by atoms with van der Waals surface area (Å²) < 4.78 is 0. The van der Waals surface area contributed by atoms with Gasteiger partial charge in [0.05, 0.1) is 6.07 Å². The minimum Gasteiger partial charge on any atom is -0.298 e. The Morgan fingerprint density at radius 2 is 1.76 bits per heavy atom. The Labute approximate surface area is 104 Å². The lowest BCUT2D eigenvalue weighted by atomic mass is 9.42. The Morgan fingerprint density at radius 1 is 1.18 bits per heavy atom. The van der Waals surface area contributed by atoms with Crippen LogP contribution >= 0.6 is 0 Å². The highest BCUT2D eigenvalue weighted by Gasteiger charge is 2.66. The summed E-state index contributed by atoms with van der Waals surface area (Å²) in [7, 11) is 0. The molecule has 0 aromatic rings. The van der Waals surface area contributed by atoms with Crippen molar-refractivity contribution >= 4 is 5.78 Å². The van der Waals surface area contributed by atoms with Gasteiger partial charge in [0.2, 0.25) is 0 Å². The average molecular weight is 233 g/mol. The predicted octanol–water partition coefficient (Wildman–Crippen LogP) is 3.71. The average Bonchev–Trinajstić information content (AvgIpc) is 2.20. The van der Waals surface area contributed by atoms with E-state index in [0.717, 1.165) is 12.8 Å². The summed E-state index contributed by atoms with van der Waals surface area (Å²) in [5.41, 5.74) is -0.922. The SMILES string of the molecule is CC(C)(C)[C@]1(C#N)C(=O)[C@H]2CCCCCC[C@@H]21. The first-order valence-corrected chi connectivity index (χ1v) is 6.90. The molecule has 0 spiro atoms. The molecule has 3 atom stereocenters. The smallest absolute Gasteiger partial charge is 0.157 e. The number of nitriles is 1. The number of hydrogen-bond acceptors (Lipinski definition) is 2. The van der Waals surface area contributed by atoms with Crippen molar-refractivity contribution in [2.75, 3.05) is 0 Å². The summed E-state index contributed by atoms with van der Waals surface area (Å²) in [4.78, 5) is 12.4. The van der Waals surface area contributed by atoms with Crippen molar-refractivity contribution in [2.45, 2.75) is 59.3 Å². The van der Waals surface area contributed by atoms with E-state index < -0.39 is 5.41 Å². The molecule has 2 heteroatoms. The predicted molar refractivity (Wildman–Crippen MR) is 67.2 cm³/mol. The van der Waals surface area contributed by atoms with Crippen LogP contribution in [0.5, 0.6) is 0 Å². The topological polar surface area (TPSA) is 40.9 Å². The number of carbonyl (C=O) groups is 1. The van der Waals surface area contributed by atoms with Gasteiger partial charge < -0.3 is 0 Å². The van der Waals surface area contributed by atoms with E-state index in [1.165, 1.54) is 25.7 Å². The number of rotatable bonds is 0. The van der Waals surface area contributed by atoms with E-state index in [4.69, 9.17) is 0 Å². The van der Waals surface area contributed by atoms with Crippen LogP contribution in [0.25, 0.3) is 0 Å². The van der Waals surface area contributed by atoms with Crippen LogP contribution in [0.4, 0.5) is 0 Å². The highest BCUT2D eigenvalue weighted by atomic mass is 16.1. The van der Waals surface area contributed by atoms with E-state index in [0.29, 0.717) is 5.92 Å². The third kappa shape index (κ3) is 1.63. The van der Waals surface area contributed by atoms with Gasteiger partial charge in [0.25, 0.3) is 0 Å². The van der Waals surface area contributed by atoms with Crippen molar-refractivity contribution in [3.63, 3.8) is 0 Å². The molecule has 0 N–H and O–H groups in total. The lowest BCUT2D eigenvalue weighted by Crippen LogP contribution is -2.63. The van der Waals surface area contributed by atoms with E-state index in [-0.39, 0.29) is 17.1 Å². The van der Waals surface area contributed by atoms with Gasteiger partial charge in [0, 0.05) is 5.92 Å². The standard InChI is InChI=1S/C15H23NO/c1-14(2,3)15(10-16)12-9-7-5-4-6-8-11(12)13(15)17/h11-12H,4-9H2,1-3H3/t11-,12-,15-/m0/s1. The summed E-state index contributed by atoms with van der Waals surface area (Å²) >= 11 is 0. The molecule has 2 nitrogen and oxygen atoms in total. The van der Waals surface area contributed by atoms with E-state index in [2.05, 4.69) is 6.07 Å². The maximum Gasteiger partial charge on any atom is 0.157 e. The van der Waals surface area contributed by atoms with Crippen molar-refractivity contribution in [1.29, 1.82) is 5.26 Å². The Morgan fingerprint density at radius 3 is 2.29 bits per heavy atom. The third-order valence-corrected chi connectivity index (χ3v) is 4.91. The molecule has 2 aliphatic carbocycles. The van der Waals surface area contributed by atoms with E-state index in [1.54, 1.807) is 0 Å². The Kier molecular flexibility index (Phi) is 3.06.